The predicted molar refractivity (Wildman–Crippen MR) is 131 cm³/mol. The molecule has 1 aromatic heterocycles. The standard InChI is InChI=1S/C25H17Cl3N2O3/c26-16-10-9-15(21(28)11-16)13-29-24(31)14-33-25(32)19-12-23(18-6-1-3-7-20(18)27)30-22-8-4-2-5-17(19)22/h1-12H,13-14H2,(H,29,31). The van der Waals surface area contributed by atoms with Crippen LogP contribution in [0.4, 0.5) is 0 Å². The molecule has 0 aliphatic rings. The highest BCUT2D eigenvalue weighted by Crippen LogP contribution is 2.30. The van der Waals surface area contributed by atoms with Crippen molar-refractivity contribution < 1.29 is 14.3 Å². The number of halogens is 3. The summed E-state index contributed by atoms with van der Waals surface area (Å²) in [6.45, 7) is -0.261. The summed E-state index contributed by atoms with van der Waals surface area (Å²) < 4.78 is 5.29. The van der Waals surface area contributed by atoms with Crippen molar-refractivity contribution in [3.8, 4) is 11.3 Å². The summed E-state index contributed by atoms with van der Waals surface area (Å²) in [5.74, 6) is -1.10. The van der Waals surface area contributed by atoms with Gasteiger partial charge in [-0.05, 0) is 35.9 Å². The van der Waals surface area contributed by atoms with Crippen LogP contribution in [0.1, 0.15) is 15.9 Å². The Bertz CT molecular complexity index is 1360. The molecule has 0 aliphatic heterocycles. The van der Waals surface area contributed by atoms with Gasteiger partial charge in [0.25, 0.3) is 5.91 Å². The van der Waals surface area contributed by atoms with Crippen molar-refractivity contribution in [3.05, 3.63) is 99.0 Å². The fourth-order valence-electron chi connectivity index (χ4n) is 3.27. The average molecular weight is 500 g/mol. The van der Waals surface area contributed by atoms with Crippen LogP contribution < -0.4 is 5.32 Å². The maximum atomic E-state index is 12.9. The van der Waals surface area contributed by atoms with Gasteiger partial charge in [-0.1, -0.05) is 77.3 Å². The smallest absolute Gasteiger partial charge is 0.339 e. The van der Waals surface area contributed by atoms with Crippen LogP contribution in [0.3, 0.4) is 0 Å². The van der Waals surface area contributed by atoms with Gasteiger partial charge in [0.1, 0.15) is 0 Å². The first-order chi connectivity index (χ1) is 15.9. The van der Waals surface area contributed by atoms with E-state index in [0.29, 0.717) is 48.4 Å². The number of aromatic nitrogens is 1. The van der Waals surface area contributed by atoms with Crippen LogP contribution in [-0.2, 0) is 16.1 Å². The number of nitrogens with zero attached hydrogens (tertiary/aromatic N) is 1. The summed E-state index contributed by atoms with van der Waals surface area (Å²) >= 11 is 18.3. The molecule has 8 heteroatoms. The number of pyridine rings is 1. The Morgan fingerprint density at radius 3 is 2.42 bits per heavy atom. The molecule has 0 spiro atoms. The topological polar surface area (TPSA) is 68.3 Å². The van der Waals surface area contributed by atoms with Crippen molar-refractivity contribution >= 4 is 57.6 Å². The average Bonchev–Trinajstić information content (AvgIpc) is 2.81. The highest BCUT2D eigenvalue weighted by molar-refractivity contribution is 6.35. The quantitative estimate of drug-likeness (QED) is 0.315. The fourth-order valence-corrected chi connectivity index (χ4v) is 3.98. The van der Waals surface area contributed by atoms with E-state index in [0.717, 1.165) is 0 Å². The highest BCUT2D eigenvalue weighted by Gasteiger charge is 2.17. The van der Waals surface area contributed by atoms with Crippen LogP contribution in [0, 0.1) is 0 Å². The third-order valence-electron chi connectivity index (χ3n) is 4.91. The van der Waals surface area contributed by atoms with Gasteiger partial charge >= 0.3 is 5.97 Å². The van der Waals surface area contributed by atoms with Gasteiger partial charge in [-0.25, -0.2) is 9.78 Å². The van der Waals surface area contributed by atoms with Crippen LogP contribution in [0.25, 0.3) is 22.2 Å². The van der Waals surface area contributed by atoms with Crippen molar-refractivity contribution in [1.82, 2.24) is 10.3 Å². The molecule has 0 saturated heterocycles. The third kappa shape index (κ3) is 5.45. The first-order valence-electron chi connectivity index (χ1n) is 9.95. The zero-order chi connectivity index (χ0) is 23.4. The number of rotatable bonds is 6. The molecule has 0 unspecified atom stereocenters. The van der Waals surface area contributed by atoms with Crippen LogP contribution in [0.5, 0.6) is 0 Å². The van der Waals surface area contributed by atoms with E-state index in [1.807, 2.05) is 24.3 Å². The van der Waals surface area contributed by atoms with Crippen molar-refractivity contribution in [3.63, 3.8) is 0 Å². The Kier molecular flexibility index (Phi) is 7.14. The van der Waals surface area contributed by atoms with E-state index in [2.05, 4.69) is 10.3 Å². The second kappa shape index (κ2) is 10.2. The van der Waals surface area contributed by atoms with Crippen LogP contribution in [0.2, 0.25) is 15.1 Å². The van der Waals surface area contributed by atoms with Crippen molar-refractivity contribution in [2.24, 2.45) is 0 Å². The van der Waals surface area contributed by atoms with Crippen LogP contribution in [0.15, 0.2) is 72.8 Å². The first kappa shape index (κ1) is 23.1. The molecule has 5 nitrogen and oxygen atoms in total. The lowest BCUT2D eigenvalue weighted by atomic mass is 10.0. The summed E-state index contributed by atoms with van der Waals surface area (Å²) in [5, 5.41) is 4.75. The summed E-state index contributed by atoms with van der Waals surface area (Å²) in [5.41, 5.74) is 2.84. The molecular formula is C25H17Cl3N2O3. The molecule has 166 valence electrons. The summed E-state index contributed by atoms with van der Waals surface area (Å²) in [6.07, 6.45) is 0. The summed E-state index contributed by atoms with van der Waals surface area (Å²) in [6, 6.07) is 21.1. The first-order valence-corrected chi connectivity index (χ1v) is 11.1. The number of hydrogen-bond acceptors (Lipinski definition) is 4. The van der Waals surface area contributed by atoms with Gasteiger partial charge in [0.15, 0.2) is 6.61 Å². The van der Waals surface area contributed by atoms with E-state index in [1.54, 1.807) is 48.5 Å². The second-order valence-corrected chi connectivity index (χ2v) is 8.39. The number of nitrogens with one attached hydrogen (secondary N) is 1. The summed E-state index contributed by atoms with van der Waals surface area (Å²) in [4.78, 5) is 29.8. The normalized spacial score (nSPS) is 10.8. The van der Waals surface area contributed by atoms with E-state index in [1.165, 1.54) is 0 Å². The zero-order valence-corrected chi connectivity index (χ0v) is 19.4. The molecule has 0 bridgehead atoms. The van der Waals surface area contributed by atoms with E-state index >= 15 is 0 Å². The molecule has 0 saturated carbocycles. The predicted octanol–water partition coefficient (Wildman–Crippen LogP) is 6.34. The van der Waals surface area contributed by atoms with Gasteiger partial charge in [0, 0.05) is 32.6 Å². The molecule has 0 aliphatic carbocycles. The van der Waals surface area contributed by atoms with Gasteiger partial charge in [0.2, 0.25) is 0 Å². The lowest BCUT2D eigenvalue weighted by Gasteiger charge is -2.11. The number of hydrogen-bond donors (Lipinski definition) is 1. The minimum atomic E-state index is -0.637. The highest BCUT2D eigenvalue weighted by atomic mass is 35.5. The number of carbonyl (C=O) groups is 2. The Hall–Kier alpha value is -3.12. The SMILES string of the molecule is O=C(COC(=O)c1cc(-c2ccccc2Cl)nc2ccccc12)NCc1ccc(Cl)cc1Cl. The second-order valence-electron chi connectivity index (χ2n) is 7.14. The molecular weight excluding hydrogens is 483 g/mol. The lowest BCUT2D eigenvalue weighted by Crippen LogP contribution is -2.28. The van der Waals surface area contributed by atoms with Gasteiger partial charge in [-0.15, -0.1) is 0 Å². The maximum Gasteiger partial charge on any atom is 0.339 e. The molecule has 33 heavy (non-hydrogen) atoms. The monoisotopic (exact) mass is 498 g/mol. The van der Waals surface area contributed by atoms with E-state index in [9.17, 15) is 9.59 Å². The Morgan fingerprint density at radius 1 is 0.879 bits per heavy atom. The number of carbonyl (C=O) groups excluding carboxylic acids is 2. The van der Waals surface area contributed by atoms with Crippen LogP contribution in [-0.4, -0.2) is 23.5 Å². The van der Waals surface area contributed by atoms with E-state index in [-0.39, 0.29) is 6.54 Å². The van der Waals surface area contributed by atoms with Gasteiger partial charge < -0.3 is 10.1 Å². The number of amides is 1. The molecule has 4 rings (SSSR count). The molecule has 0 fully saturated rings. The molecule has 1 amide bonds. The minimum Gasteiger partial charge on any atom is -0.452 e. The fraction of sp³-hybridized carbons (Fsp3) is 0.0800. The molecule has 3 aromatic carbocycles. The van der Waals surface area contributed by atoms with Crippen molar-refractivity contribution in [2.45, 2.75) is 6.54 Å². The zero-order valence-electron chi connectivity index (χ0n) is 17.1. The van der Waals surface area contributed by atoms with Gasteiger partial charge in [-0.2, -0.15) is 0 Å². The molecule has 0 atom stereocenters. The Balaban J connectivity index is 1.50. The number of ether oxygens (including phenoxy) is 1. The van der Waals surface area contributed by atoms with Crippen molar-refractivity contribution in [1.29, 1.82) is 0 Å². The number of esters is 1. The number of fused-ring (bicyclic) bond motifs is 1. The Morgan fingerprint density at radius 2 is 1.64 bits per heavy atom. The summed E-state index contributed by atoms with van der Waals surface area (Å²) in [7, 11) is 0. The molecule has 1 heterocycles. The molecule has 4 aromatic rings. The Labute approximate surface area is 205 Å². The largest absolute Gasteiger partial charge is 0.452 e. The maximum absolute atomic E-state index is 12.9. The lowest BCUT2D eigenvalue weighted by molar-refractivity contribution is -0.124. The van der Waals surface area contributed by atoms with Gasteiger partial charge in [0.05, 0.1) is 16.8 Å². The van der Waals surface area contributed by atoms with E-state index in [4.69, 9.17) is 39.5 Å². The minimum absolute atomic E-state index is 0.182. The van der Waals surface area contributed by atoms with Crippen LogP contribution >= 0.6 is 34.8 Å². The van der Waals surface area contributed by atoms with Crippen molar-refractivity contribution in [2.75, 3.05) is 6.61 Å². The van der Waals surface area contributed by atoms with Gasteiger partial charge in [-0.3, -0.25) is 4.79 Å². The van der Waals surface area contributed by atoms with E-state index < -0.39 is 18.5 Å². The number of para-hydroxylation sites is 1. The number of benzene rings is 3. The third-order valence-corrected chi connectivity index (χ3v) is 5.83. The molecule has 1 N–H and O–H groups in total. The molecule has 0 radical (unpaired) electrons.